The third-order valence-corrected chi connectivity index (χ3v) is 5.76. The molecular formula is C18H19ClN3O7S-. The van der Waals surface area contributed by atoms with Gasteiger partial charge in [0.25, 0.3) is 0 Å². The van der Waals surface area contributed by atoms with Crippen molar-refractivity contribution in [2.45, 2.75) is 23.9 Å². The van der Waals surface area contributed by atoms with Crippen LogP contribution in [0.3, 0.4) is 0 Å². The van der Waals surface area contributed by atoms with Crippen molar-refractivity contribution in [1.82, 2.24) is 10.0 Å². The minimum atomic E-state index is -4.52. The number of para-hydroxylation sites is 1. The lowest BCUT2D eigenvalue weighted by atomic mass is 10.00. The van der Waals surface area contributed by atoms with Crippen molar-refractivity contribution in [1.29, 1.82) is 0 Å². The average molecular weight is 457 g/mol. The molecular weight excluding hydrogens is 438 g/mol. The first-order valence-corrected chi connectivity index (χ1v) is 10.3. The standard InChI is InChI=1S/C18H19ClN3O7S/c1-11(23)20-16(12-7-9-13(19)10-8-12)17(18(24)29-2)21-30(27,28)15-6-4-3-5-14(15)22(25)26/h3-10,16-17,21,25H,1-2H3,(H,20,23)/q-1. The highest BCUT2D eigenvalue weighted by Gasteiger charge is 2.36. The van der Waals surface area contributed by atoms with Gasteiger partial charge in [0, 0.05) is 11.9 Å². The van der Waals surface area contributed by atoms with E-state index in [9.17, 15) is 28.4 Å². The van der Waals surface area contributed by atoms with Crippen LogP contribution in [-0.4, -0.2) is 38.7 Å². The van der Waals surface area contributed by atoms with Crippen LogP contribution in [0.2, 0.25) is 5.02 Å². The molecule has 0 aliphatic rings. The van der Waals surface area contributed by atoms with E-state index < -0.39 is 49.8 Å². The predicted octanol–water partition coefficient (Wildman–Crippen LogP) is 1.73. The molecule has 0 bridgehead atoms. The third-order valence-electron chi connectivity index (χ3n) is 4.02. The van der Waals surface area contributed by atoms with Crippen molar-refractivity contribution in [2.75, 3.05) is 12.3 Å². The molecule has 0 aliphatic carbocycles. The SMILES string of the molecule is COC(=O)C(NS(=O)(=O)c1ccccc1N([O-])O)C(NC(C)=O)c1ccc(Cl)cc1. The topological polar surface area (TPSA) is 148 Å². The van der Waals surface area contributed by atoms with E-state index in [0.717, 1.165) is 19.2 Å². The van der Waals surface area contributed by atoms with Crippen LogP contribution >= 0.6 is 11.6 Å². The Morgan fingerprint density at radius 2 is 1.77 bits per heavy atom. The first-order valence-electron chi connectivity index (χ1n) is 8.44. The smallest absolute Gasteiger partial charge is 0.326 e. The molecule has 3 N–H and O–H groups in total. The molecule has 1 amide bonds. The summed E-state index contributed by atoms with van der Waals surface area (Å²) in [7, 11) is -3.46. The number of carbonyl (C=O) groups excluding carboxylic acids is 2. The van der Waals surface area contributed by atoms with E-state index in [4.69, 9.17) is 16.3 Å². The number of ether oxygens (including phenoxy) is 1. The third kappa shape index (κ3) is 5.68. The first kappa shape index (κ1) is 23.6. The van der Waals surface area contributed by atoms with Crippen LogP contribution in [-0.2, 0) is 24.3 Å². The van der Waals surface area contributed by atoms with Crippen LogP contribution in [0.5, 0.6) is 0 Å². The molecule has 12 heteroatoms. The Morgan fingerprint density at radius 3 is 2.30 bits per heavy atom. The maximum absolute atomic E-state index is 12.9. The normalized spacial score (nSPS) is 13.2. The number of sulfonamides is 1. The van der Waals surface area contributed by atoms with E-state index in [1.165, 1.54) is 43.3 Å². The highest BCUT2D eigenvalue weighted by Crippen LogP contribution is 2.26. The molecule has 0 aliphatic heterocycles. The fraction of sp³-hybridized carbons (Fsp3) is 0.222. The largest absolute Gasteiger partial charge is 0.733 e. The van der Waals surface area contributed by atoms with Gasteiger partial charge in [0.2, 0.25) is 15.9 Å². The maximum Gasteiger partial charge on any atom is 0.326 e. The summed E-state index contributed by atoms with van der Waals surface area (Å²) < 4.78 is 32.7. The lowest BCUT2D eigenvalue weighted by Crippen LogP contribution is -2.50. The van der Waals surface area contributed by atoms with Gasteiger partial charge in [0.05, 0.1) is 18.8 Å². The molecule has 162 valence electrons. The molecule has 2 aromatic carbocycles. The zero-order valence-electron chi connectivity index (χ0n) is 15.9. The molecule has 0 radical (unpaired) electrons. The Bertz CT molecular complexity index is 1010. The number of hydrogen-bond donors (Lipinski definition) is 3. The van der Waals surface area contributed by atoms with Gasteiger partial charge in [-0.1, -0.05) is 35.9 Å². The number of rotatable bonds is 8. The monoisotopic (exact) mass is 456 g/mol. The predicted molar refractivity (Wildman–Crippen MR) is 108 cm³/mol. The molecule has 2 unspecified atom stereocenters. The lowest BCUT2D eigenvalue weighted by molar-refractivity contribution is -0.143. The van der Waals surface area contributed by atoms with Crippen LogP contribution in [0.15, 0.2) is 53.4 Å². The summed E-state index contributed by atoms with van der Waals surface area (Å²) in [4.78, 5) is 23.6. The number of carbonyl (C=O) groups is 2. The van der Waals surface area contributed by atoms with Crippen LogP contribution in [0.4, 0.5) is 5.69 Å². The summed E-state index contributed by atoms with van der Waals surface area (Å²) in [6.07, 6.45) is 0. The van der Waals surface area contributed by atoms with Gasteiger partial charge in [-0.15, -0.1) is 0 Å². The van der Waals surface area contributed by atoms with E-state index in [2.05, 4.69) is 10.0 Å². The number of amides is 1. The summed E-state index contributed by atoms with van der Waals surface area (Å²) in [5, 5.41) is 22.9. The highest BCUT2D eigenvalue weighted by atomic mass is 35.5. The number of esters is 1. The molecule has 0 aromatic heterocycles. The van der Waals surface area contributed by atoms with Gasteiger partial charge in [0.15, 0.2) is 0 Å². The molecule has 0 saturated heterocycles. The lowest BCUT2D eigenvalue weighted by Gasteiger charge is -2.28. The Kier molecular flexibility index (Phi) is 7.76. The molecule has 2 rings (SSSR count). The number of hydrogen-bond acceptors (Lipinski definition) is 8. The van der Waals surface area contributed by atoms with Gasteiger partial charge in [0.1, 0.15) is 10.9 Å². The molecule has 0 saturated carbocycles. The van der Waals surface area contributed by atoms with E-state index in [1.807, 2.05) is 0 Å². The zero-order chi connectivity index (χ0) is 22.5. The summed E-state index contributed by atoms with van der Waals surface area (Å²) >= 11 is 5.88. The van der Waals surface area contributed by atoms with Gasteiger partial charge in [-0.2, -0.15) is 4.72 Å². The van der Waals surface area contributed by atoms with Crippen LogP contribution in [0.1, 0.15) is 18.5 Å². The van der Waals surface area contributed by atoms with Gasteiger partial charge < -0.3 is 20.5 Å². The van der Waals surface area contributed by atoms with Crippen molar-refractivity contribution >= 4 is 39.2 Å². The summed E-state index contributed by atoms with van der Waals surface area (Å²) in [6.45, 7) is 1.20. The van der Waals surface area contributed by atoms with Gasteiger partial charge >= 0.3 is 5.97 Å². The van der Waals surface area contributed by atoms with Crippen molar-refractivity contribution < 1.29 is 28.0 Å². The summed E-state index contributed by atoms with van der Waals surface area (Å²) in [6, 6.07) is 8.10. The van der Waals surface area contributed by atoms with Crippen molar-refractivity contribution in [2.24, 2.45) is 0 Å². The first-order chi connectivity index (χ1) is 14.1. The van der Waals surface area contributed by atoms with Crippen molar-refractivity contribution in [3.8, 4) is 0 Å². The fourth-order valence-corrected chi connectivity index (χ4v) is 4.20. The van der Waals surface area contributed by atoms with E-state index in [-0.39, 0.29) is 0 Å². The Morgan fingerprint density at radius 1 is 1.17 bits per heavy atom. The summed E-state index contributed by atoms with van der Waals surface area (Å²) in [5.41, 5.74) is -0.190. The van der Waals surface area contributed by atoms with E-state index in [1.54, 1.807) is 0 Å². The Hall–Kier alpha value is -2.70. The Balaban J connectivity index is 2.53. The van der Waals surface area contributed by atoms with Crippen LogP contribution in [0.25, 0.3) is 0 Å². The van der Waals surface area contributed by atoms with E-state index >= 15 is 0 Å². The molecule has 0 fully saturated rings. The summed E-state index contributed by atoms with van der Waals surface area (Å²) in [5.74, 6) is -1.53. The van der Waals surface area contributed by atoms with Crippen LogP contribution in [0, 0.1) is 5.21 Å². The minimum Gasteiger partial charge on any atom is -0.733 e. The second-order valence-electron chi connectivity index (χ2n) is 6.09. The number of nitrogens with zero attached hydrogens (tertiary/aromatic N) is 1. The molecule has 0 heterocycles. The molecule has 10 nitrogen and oxygen atoms in total. The van der Waals surface area contributed by atoms with Crippen LogP contribution < -0.4 is 15.3 Å². The number of halogens is 1. The zero-order valence-corrected chi connectivity index (χ0v) is 17.5. The van der Waals surface area contributed by atoms with E-state index in [0.29, 0.717) is 10.6 Å². The van der Waals surface area contributed by atoms with Gasteiger partial charge in [-0.25, -0.2) is 8.42 Å². The number of anilines is 1. The number of benzene rings is 2. The van der Waals surface area contributed by atoms with Crippen molar-refractivity contribution in [3.63, 3.8) is 0 Å². The average Bonchev–Trinajstić information content (AvgIpc) is 2.70. The van der Waals surface area contributed by atoms with Crippen molar-refractivity contribution in [3.05, 3.63) is 64.3 Å². The second-order valence-corrected chi connectivity index (χ2v) is 8.21. The highest BCUT2D eigenvalue weighted by molar-refractivity contribution is 7.89. The number of nitrogens with one attached hydrogen (secondary N) is 2. The fourth-order valence-electron chi connectivity index (χ4n) is 2.70. The van der Waals surface area contributed by atoms with Gasteiger partial charge in [-0.05, 0) is 29.8 Å². The minimum absolute atomic E-state index is 0.369. The Labute approximate surface area is 178 Å². The molecule has 30 heavy (non-hydrogen) atoms. The molecule has 0 spiro atoms. The molecule has 2 atom stereocenters. The second kappa shape index (κ2) is 9.87. The maximum atomic E-state index is 12.9. The quantitative estimate of drug-likeness (QED) is 0.401. The number of methoxy groups -OCH3 is 1. The van der Waals surface area contributed by atoms with Gasteiger partial charge in [-0.3, -0.25) is 14.8 Å². The molecule has 2 aromatic rings.